The van der Waals surface area contributed by atoms with Crippen LogP contribution in [0.2, 0.25) is 0 Å². The van der Waals surface area contributed by atoms with Crippen LogP contribution in [0.3, 0.4) is 0 Å². The van der Waals surface area contributed by atoms with E-state index in [1.165, 1.54) is 24.3 Å². The fraction of sp³-hybridized carbons (Fsp3) is 0.333. The molecule has 1 rings (SSSR count). The Balaban J connectivity index is 0.000000423. The number of aliphatic hydroxyl groups is 4. The number of carbonyl (C=O) groups excluding carboxylic acids is 1. The fourth-order valence-corrected chi connectivity index (χ4v) is 1.07. The molecular formula is C12H16O9. The van der Waals surface area contributed by atoms with Crippen molar-refractivity contribution in [3.63, 3.8) is 0 Å². The van der Waals surface area contributed by atoms with Crippen molar-refractivity contribution in [1.82, 2.24) is 0 Å². The minimum Gasteiger partial charge on any atom is -0.508 e. The van der Waals surface area contributed by atoms with Gasteiger partial charge in [-0.3, -0.25) is 0 Å². The molecule has 9 heteroatoms. The van der Waals surface area contributed by atoms with Gasteiger partial charge in [-0.25, -0.2) is 4.79 Å². The van der Waals surface area contributed by atoms with E-state index in [0.717, 1.165) is 0 Å². The molecule has 0 radical (unpaired) electrons. The monoisotopic (exact) mass is 304 g/mol. The van der Waals surface area contributed by atoms with E-state index in [4.69, 9.17) is 35.7 Å². The molecule has 0 aliphatic heterocycles. The smallest absolute Gasteiger partial charge is 0.335 e. The number of benzene rings is 1. The van der Waals surface area contributed by atoms with Crippen molar-refractivity contribution in [2.24, 2.45) is 0 Å². The number of carboxylic acids is 1. The van der Waals surface area contributed by atoms with E-state index in [2.05, 4.69) is 0 Å². The lowest BCUT2D eigenvalue weighted by Gasteiger charge is -2.21. The van der Waals surface area contributed by atoms with Crippen LogP contribution >= 0.6 is 0 Å². The predicted octanol–water partition coefficient (Wildman–Crippen LogP) is -2.19. The van der Waals surface area contributed by atoms with Crippen LogP contribution in [-0.2, 0) is 9.59 Å². The van der Waals surface area contributed by atoms with E-state index < -0.39 is 30.4 Å². The van der Waals surface area contributed by atoms with Crippen molar-refractivity contribution >= 4 is 12.3 Å². The van der Waals surface area contributed by atoms with Gasteiger partial charge in [-0.05, 0) is 24.3 Å². The zero-order chi connectivity index (χ0) is 16.6. The molecular weight excluding hydrogens is 288 g/mol. The summed E-state index contributed by atoms with van der Waals surface area (Å²) in [5.41, 5.74) is 0. The van der Waals surface area contributed by atoms with Gasteiger partial charge in [-0.15, -0.1) is 0 Å². The number of hydrogen-bond donors (Lipinski definition) is 7. The Labute approximate surface area is 119 Å². The third kappa shape index (κ3) is 6.68. The summed E-state index contributed by atoms with van der Waals surface area (Å²) in [4.78, 5) is 20.0. The van der Waals surface area contributed by atoms with Crippen LogP contribution in [0.5, 0.6) is 11.5 Å². The Morgan fingerprint density at radius 3 is 1.57 bits per heavy atom. The van der Waals surface area contributed by atoms with E-state index in [1.807, 2.05) is 0 Å². The van der Waals surface area contributed by atoms with Crippen LogP contribution in [0.15, 0.2) is 24.3 Å². The molecule has 0 amide bonds. The minimum atomic E-state index is -2.25. The Kier molecular flexibility index (Phi) is 7.94. The first kappa shape index (κ1) is 18.8. The molecule has 0 saturated heterocycles. The molecule has 0 aliphatic rings. The third-order valence-corrected chi connectivity index (χ3v) is 2.27. The highest BCUT2D eigenvalue weighted by Gasteiger charge is 2.33. The lowest BCUT2D eigenvalue weighted by atomic mass is 10.0. The molecule has 0 fully saturated rings. The molecule has 0 unspecified atom stereocenters. The molecule has 0 heterocycles. The maximum absolute atomic E-state index is 10.1. The van der Waals surface area contributed by atoms with E-state index >= 15 is 0 Å². The number of carbonyl (C=O) groups is 2. The number of aromatic hydroxyl groups is 2. The number of carboxylic acid groups (broad SMARTS) is 1. The molecule has 21 heavy (non-hydrogen) atoms. The molecule has 0 aromatic heterocycles. The van der Waals surface area contributed by atoms with E-state index in [9.17, 15) is 9.59 Å². The van der Waals surface area contributed by atoms with Crippen molar-refractivity contribution in [3.8, 4) is 11.5 Å². The zero-order valence-corrected chi connectivity index (χ0v) is 10.6. The number of phenolic OH excluding ortho intramolecular Hbond substituents is 2. The van der Waals surface area contributed by atoms with Gasteiger partial charge in [0.05, 0.1) is 0 Å². The van der Waals surface area contributed by atoms with Crippen molar-refractivity contribution in [2.75, 3.05) is 0 Å². The molecule has 7 N–H and O–H groups in total. The van der Waals surface area contributed by atoms with Gasteiger partial charge >= 0.3 is 5.97 Å². The highest BCUT2D eigenvalue weighted by Crippen LogP contribution is 2.13. The molecule has 4 atom stereocenters. The molecule has 118 valence electrons. The number of phenols is 2. The summed E-state index contributed by atoms with van der Waals surface area (Å²) in [7, 11) is 0. The topological polar surface area (TPSA) is 176 Å². The standard InChI is InChI=1S/C6H10O7.C6H6O2/c7-1-2(8)3(9)4(10)5(11)6(12)13;7-5-1-2-6(8)4-3-5/h1-5,8-11H,(H,12,13);1-4,7-8H/t2-,3+,4-,5-;/m1./s1. The van der Waals surface area contributed by atoms with E-state index in [-0.39, 0.29) is 17.8 Å². The first-order valence-electron chi connectivity index (χ1n) is 5.59. The Morgan fingerprint density at radius 1 is 0.905 bits per heavy atom. The van der Waals surface area contributed by atoms with E-state index in [1.54, 1.807) is 0 Å². The number of aliphatic carboxylic acids is 1. The van der Waals surface area contributed by atoms with Crippen LogP contribution in [0.25, 0.3) is 0 Å². The van der Waals surface area contributed by atoms with Crippen molar-refractivity contribution in [3.05, 3.63) is 24.3 Å². The first-order valence-corrected chi connectivity index (χ1v) is 5.59. The molecule has 0 saturated carbocycles. The Morgan fingerprint density at radius 2 is 1.29 bits per heavy atom. The summed E-state index contributed by atoms with van der Waals surface area (Å²) in [6.07, 6.45) is -8.39. The molecule has 0 aliphatic carbocycles. The maximum Gasteiger partial charge on any atom is 0.335 e. The van der Waals surface area contributed by atoms with Gasteiger partial charge in [-0.1, -0.05) is 0 Å². The van der Waals surface area contributed by atoms with Gasteiger partial charge in [0.25, 0.3) is 0 Å². The largest absolute Gasteiger partial charge is 0.508 e. The first-order chi connectivity index (χ1) is 9.70. The minimum absolute atomic E-state index is 0.0809. The number of aliphatic hydroxyl groups excluding tert-OH is 4. The van der Waals surface area contributed by atoms with Gasteiger partial charge in [0.2, 0.25) is 0 Å². The van der Waals surface area contributed by atoms with Gasteiger partial charge < -0.3 is 40.5 Å². The Bertz CT molecular complexity index is 424. The quantitative estimate of drug-likeness (QED) is 0.235. The van der Waals surface area contributed by atoms with Crippen LogP contribution in [0.4, 0.5) is 0 Å². The number of aldehydes is 1. The van der Waals surface area contributed by atoms with Crippen molar-refractivity contribution < 1.29 is 45.3 Å². The fourth-order valence-electron chi connectivity index (χ4n) is 1.07. The van der Waals surface area contributed by atoms with Crippen LogP contribution in [0, 0.1) is 0 Å². The zero-order valence-electron chi connectivity index (χ0n) is 10.6. The second-order valence-corrected chi connectivity index (χ2v) is 3.91. The van der Waals surface area contributed by atoms with Crippen molar-refractivity contribution in [2.45, 2.75) is 24.4 Å². The second-order valence-electron chi connectivity index (χ2n) is 3.91. The number of rotatable bonds is 5. The molecule has 1 aromatic carbocycles. The van der Waals surface area contributed by atoms with Crippen LogP contribution in [0.1, 0.15) is 0 Å². The summed E-state index contributed by atoms with van der Waals surface area (Å²) in [6, 6.07) is 5.70. The summed E-state index contributed by atoms with van der Waals surface area (Å²) in [5.74, 6) is -1.42. The molecule has 9 nitrogen and oxygen atoms in total. The highest BCUT2D eigenvalue weighted by molar-refractivity contribution is 5.73. The summed E-state index contributed by atoms with van der Waals surface area (Å²) >= 11 is 0. The van der Waals surface area contributed by atoms with Gasteiger partial charge in [0.1, 0.15) is 29.8 Å². The van der Waals surface area contributed by atoms with Crippen LogP contribution < -0.4 is 0 Å². The third-order valence-electron chi connectivity index (χ3n) is 2.27. The second kappa shape index (κ2) is 8.87. The van der Waals surface area contributed by atoms with E-state index in [0.29, 0.717) is 0 Å². The van der Waals surface area contributed by atoms with Gasteiger partial charge in [0.15, 0.2) is 12.4 Å². The summed E-state index contributed by atoms with van der Waals surface area (Å²) in [5, 5.41) is 60.5. The molecule has 0 spiro atoms. The van der Waals surface area contributed by atoms with Crippen molar-refractivity contribution in [1.29, 1.82) is 0 Å². The maximum atomic E-state index is 10.1. The number of hydrogen-bond acceptors (Lipinski definition) is 8. The predicted molar refractivity (Wildman–Crippen MR) is 67.5 cm³/mol. The van der Waals surface area contributed by atoms with Crippen LogP contribution in [-0.4, -0.2) is 72.4 Å². The average molecular weight is 304 g/mol. The summed E-state index contributed by atoms with van der Waals surface area (Å²) in [6.45, 7) is 0. The normalized spacial score (nSPS) is 15.8. The highest BCUT2D eigenvalue weighted by atomic mass is 16.4. The molecule has 0 bridgehead atoms. The lowest BCUT2D eigenvalue weighted by Crippen LogP contribution is -2.48. The summed E-state index contributed by atoms with van der Waals surface area (Å²) < 4.78 is 0. The molecule has 1 aromatic rings. The average Bonchev–Trinajstić information content (AvgIpc) is 2.47. The Hall–Kier alpha value is -2.20. The van der Waals surface area contributed by atoms with Gasteiger partial charge in [-0.2, -0.15) is 0 Å². The van der Waals surface area contributed by atoms with Gasteiger partial charge in [0, 0.05) is 0 Å². The lowest BCUT2D eigenvalue weighted by molar-refractivity contribution is -0.163. The SMILES string of the molecule is O=C[C@@H](O)[C@H](O)[C@@H](O)[C@@H](O)C(=O)O.Oc1ccc(O)cc1.